The van der Waals surface area contributed by atoms with Crippen molar-refractivity contribution in [2.75, 3.05) is 13.1 Å². The topological polar surface area (TPSA) is 59.2 Å². The van der Waals surface area contributed by atoms with Gasteiger partial charge >= 0.3 is 0 Å². The van der Waals surface area contributed by atoms with Crippen molar-refractivity contribution >= 4 is 17.2 Å². The summed E-state index contributed by atoms with van der Waals surface area (Å²) in [7, 11) is 0. The van der Waals surface area contributed by atoms with Gasteiger partial charge in [-0.1, -0.05) is 41.6 Å². The van der Waals surface area contributed by atoms with E-state index in [0.29, 0.717) is 31.2 Å². The average molecular weight is 325 g/mol. The number of benzene rings is 1. The van der Waals surface area contributed by atoms with Crippen molar-refractivity contribution < 1.29 is 9.32 Å². The summed E-state index contributed by atoms with van der Waals surface area (Å²) < 4.78 is 5.36. The summed E-state index contributed by atoms with van der Waals surface area (Å²) in [5.41, 5.74) is 1.16. The minimum Gasteiger partial charge on any atom is -0.339 e. The molecular weight excluding hydrogens is 310 g/mol. The van der Waals surface area contributed by atoms with Crippen molar-refractivity contribution in [2.24, 2.45) is 0 Å². The number of carbonyl (C=O) groups excluding carboxylic acids is 1. The normalized spacial score (nSPS) is 14.7. The van der Waals surface area contributed by atoms with Crippen molar-refractivity contribution in [1.29, 1.82) is 0 Å². The lowest BCUT2D eigenvalue weighted by atomic mass is 10.00. The molecule has 1 fully saturated rings. The molecule has 3 aromatic rings. The molecule has 0 aliphatic carbocycles. The van der Waals surface area contributed by atoms with Crippen molar-refractivity contribution in [3.05, 3.63) is 70.0 Å². The van der Waals surface area contributed by atoms with Gasteiger partial charge in [0.15, 0.2) is 5.82 Å². The lowest BCUT2D eigenvalue weighted by Gasteiger charge is -2.36. The molecule has 0 N–H and O–H groups in total. The molecule has 0 saturated carbocycles. The van der Waals surface area contributed by atoms with Crippen molar-refractivity contribution in [1.82, 2.24) is 15.0 Å². The molecule has 1 amide bonds. The van der Waals surface area contributed by atoms with Crippen LogP contribution in [-0.4, -0.2) is 34.0 Å². The first-order valence-corrected chi connectivity index (χ1v) is 8.37. The molecule has 6 heteroatoms. The Bertz CT molecular complexity index is 792. The highest BCUT2D eigenvalue weighted by molar-refractivity contribution is 7.12. The van der Waals surface area contributed by atoms with E-state index in [1.165, 1.54) is 11.3 Å². The Kier molecular flexibility index (Phi) is 3.67. The zero-order chi connectivity index (χ0) is 15.6. The molecule has 0 bridgehead atoms. The SMILES string of the molecule is O=C(c1cccs1)N1CC(c2nc(Cc3ccccc3)no2)C1. The van der Waals surface area contributed by atoms with E-state index in [1.54, 1.807) is 0 Å². The van der Waals surface area contributed by atoms with Crippen LogP contribution in [-0.2, 0) is 6.42 Å². The third-order valence-electron chi connectivity index (χ3n) is 3.94. The number of aromatic nitrogens is 2. The zero-order valence-electron chi connectivity index (χ0n) is 12.4. The van der Waals surface area contributed by atoms with Gasteiger partial charge in [0.05, 0.1) is 10.8 Å². The van der Waals surface area contributed by atoms with Crippen LogP contribution in [0.4, 0.5) is 0 Å². The van der Waals surface area contributed by atoms with E-state index in [0.717, 1.165) is 10.4 Å². The van der Waals surface area contributed by atoms with Crippen LogP contribution in [0.3, 0.4) is 0 Å². The van der Waals surface area contributed by atoms with Gasteiger partial charge in [-0.3, -0.25) is 4.79 Å². The monoisotopic (exact) mass is 325 g/mol. The summed E-state index contributed by atoms with van der Waals surface area (Å²) >= 11 is 1.47. The molecular formula is C17H15N3O2S. The lowest BCUT2D eigenvalue weighted by Crippen LogP contribution is -2.48. The molecule has 1 aromatic carbocycles. The molecule has 2 aromatic heterocycles. The van der Waals surface area contributed by atoms with Gasteiger partial charge in [0.25, 0.3) is 5.91 Å². The van der Waals surface area contributed by atoms with Gasteiger partial charge in [-0.15, -0.1) is 11.3 Å². The van der Waals surface area contributed by atoms with Crippen molar-refractivity contribution in [3.8, 4) is 0 Å². The molecule has 116 valence electrons. The molecule has 1 aliphatic rings. The average Bonchev–Trinajstić information content (AvgIpc) is 3.18. The van der Waals surface area contributed by atoms with E-state index in [9.17, 15) is 4.79 Å². The highest BCUT2D eigenvalue weighted by atomic mass is 32.1. The summed E-state index contributed by atoms with van der Waals surface area (Å²) in [5.74, 6) is 1.55. The highest BCUT2D eigenvalue weighted by Gasteiger charge is 2.36. The number of hydrogen-bond acceptors (Lipinski definition) is 5. The summed E-state index contributed by atoms with van der Waals surface area (Å²) in [6, 6.07) is 13.8. The zero-order valence-corrected chi connectivity index (χ0v) is 13.2. The number of amides is 1. The third-order valence-corrected chi connectivity index (χ3v) is 4.80. The minimum absolute atomic E-state index is 0.0836. The van der Waals surface area contributed by atoms with E-state index in [4.69, 9.17) is 4.52 Å². The Morgan fingerprint density at radius 3 is 2.78 bits per heavy atom. The first-order chi connectivity index (χ1) is 11.3. The Morgan fingerprint density at radius 2 is 2.04 bits per heavy atom. The fourth-order valence-corrected chi connectivity index (χ4v) is 3.33. The standard InChI is InChI=1S/C17H15N3O2S/c21-17(14-7-4-8-23-14)20-10-13(11-20)16-18-15(19-22-16)9-12-5-2-1-3-6-12/h1-8,13H,9-11H2. The van der Waals surface area contributed by atoms with E-state index in [2.05, 4.69) is 10.1 Å². The van der Waals surface area contributed by atoms with Crippen LogP contribution in [0.5, 0.6) is 0 Å². The van der Waals surface area contributed by atoms with E-state index >= 15 is 0 Å². The van der Waals surface area contributed by atoms with Crippen LogP contribution >= 0.6 is 11.3 Å². The van der Waals surface area contributed by atoms with Gasteiger partial charge in [0.2, 0.25) is 5.89 Å². The van der Waals surface area contributed by atoms with Crippen LogP contribution in [0.2, 0.25) is 0 Å². The van der Waals surface area contributed by atoms with Gasteiger partial charge < -0.3 is 9.42 Å². The molecule has 23 heavy (non-hydrogen) atoms. The molecule has 1 saturated heterocycles. The smallest absolute Gasteiger partial charge is 0.263 e. The molecule has 1 aliphatic heterocycles. The van der Waals surface area contributed by atoms with E-state index in [1.807, 2.05) is 52.7 Å². The number of carbonyl (C=O) groups is 1. The maximum Gasteiger partial charge on any atom is 0.263 e. The number of likely N-dealkylation sites (tertiary alicyclic amines) is 1. The molecule has 0 spiro atoms. The van der Waals surface area contributed by atoms with Crippen LogP contribution in [0, 0.1) is 0 Å². The second-order valence-electron chi connectivity index (χ2n) is 5.60. The number of thiophene rings is 1. The Morgan fingerprint density at radius 1 is 1.22 bits per heavy atom. The van der Waals surface area contributed by atoms with Gasteiger partial charge in [-0.2, -0.15) is 4.98 Å². The molecule has 4 rings (SSSR count). The summed E-state index contributed by atoms with van der Waals surface area (Å²) in [6.07, 6.45) is 0.662. The Balaban J connectivity index is 1.37. The maximum absolute atomic E-state index is 12.2. The van der Waals surface area contributed by atoms with Gasteiger partial charge in [-0.05, 0) is 17.0 Å². The minimum atomic E-state index is 0.0836. The molecule has 5 nitrogen and oxygen atoms in total. The Labute approximate surface area is 137 Å². The first kappa shape index (κ1) is 14.1. The number of nitrogens with zero attached hydrogens (tertiary/aromatic N) is 3. The van der Waals surface area contributed by atoms with E-state index in [-0.39, 0.29) is 11.8 Å². The predicted octanol–water partition coefficient (Wildman–Crippen LogP) is 2.96. The summed E-state index contributed by atoms with van der Waals surface area (Å²) in [4.78, 5) is 19.2. The summed E-state index contributed by atoms with van der Waals surface area (Å²) in [5, 5.41) is 5.96. The third kappa shape index (κ3) is 2.90. The van der Waals surface area contributed by atoms with Crippen molar-refractivity contribution in [3.63, 3.8) is 0 Å². The number of hydrogen-bond donors (Lipinski definition) is 0. The highest BCUT2D eigenvalue weighted by Crippen LogP contribution is 2.28. The van der Waals surface area contributed by atoms with E-state index < -0.39 is 0 Å². The number of rotatable bonds is 4. The second-order valence-corrected chi connectivity index (χ2v) is 6.54. The quantitative estimate of drug-likeness (QED) is 0.740. The van der Waals surface area contributed by atoms with Gasteiger partial charge in [-0.25, -0.2) is 0 Å². The molecule has 0 unspecified atom stereocenters. The fraction of sp³-hybridized carbons (Fsp3) is 0.235. The lowest BCUT2D eigenvalue weighted by molar-refractivity contribution is 0.0574. The van der Waals surface area contributed by atoms with Crippen LogP contribution in [0.15, 0.2) is 52.4 Å². The molecule has 0 atom stereocenters. The fourth-order valence-electron chi connectivity index (χ4n) is 2.64. The Hall–Kier alpha value is -2.47. The molecule has 3 heterocycles. The molecule has 0 radical (unpaired) electrons. The maximum atomic E-state index is 12.2. The van der Waals surface area contributed by atoms with Gasteiger partial charge in [0.1, 0.15) is 0 Å². The van der Waals surface area contributed by atoms with Gasteiger partial charge in [0, 0.05) is 19.5 Å². The summed E-state index contributed by atoms with van der Waals surface area (Å²) in [6.45, 7) is 1.29. The van der Waals surface area contributed by atoms with Crippen LogP contribution in [0.25, 0.3) is 0 Å². The van der Waals surface area contributed by atoms with Crippen molar-refractivity contribution in [2.45, 2.75) is 12.3 Å². The van der Waals surface area contributed by atoms with Crippen LogP contribution < -0.4 is 0 Å². The predicted molar refractivity (Wildman–Crippen MR) is 86.5 cm³/mol. The first-order valence-electron chi connectivity index (χ1n) is 7.49. The van der Waals surface area contributed by atoms with Crippen LogP contribution in [0.1, 0.15) is 32.9 Å². The largest absolute Gasteiger partial charge is 0.339 e. The second kappa shape index (κ2) is 5.96.